The maximum absolute atomic E-state index is 12.6. The largest absolute Gasteiger partial charge is 0.443 e. The fourth-order valence-electron chi connectivity index (χ4n) is 3.38. The number of rotatable bonds is 4. The van der Waals surface area contributed by atoms with E-state index < -0.39 is 41.9 Å². The van der Waals surface area contributed by atoms with Crippen molar-refractivity contribution < 1.29 is 29.1 Å². The highest BCUT2D eigenvalue weighted by Gasteiger charge is 2.51. The summed E-state index contributed by atoms with van der Waals surface area (Å²) in [5.74, 6) is -0.472. The molecule has 1 aromatic carbocycles. The van der Waals surface area contributed by atoms with Gasteiger partial charge in [-0.15, -0.1) is 6.58 Å². The van der Waals surface area contributed by atoms with Gasteiger partial charge in [-0.3, -0.25) is 10.0 Å². The summed E-state index contributed by atoms with van der Waals surface area (Å²) in [6, 6.07) is 7.93. The Morgan fingerprint density at radius 1 is 1.28 bits per heavy atom. The lowest BCUT2D eigenvalue weighted by Crippen LogP contribution is -2.64. The number of ether oxygens (including phenoxy) is 2. The van der Waals surface area contributed by atoms with Crippen LogP contribution in [0.4, 0.5) is 9.59 Å². The predicted molar refractivity (Wildman–Crippen MR) is 104 cm³/mol. The summed E-state index contributed by atoms with van der Waals surface area (Å²) in [6.07, 6.45) is 2.76. The molecule has 2 bridgehead atoms. The van der Waals surface area contributed by atoms with Crippen molar-refractivity contribution in [2.75, 3.05) is 0 Å². The Bertz CT molecular complexity index is 788. The smallest absolute Gasteiger partial charge is 0.434 e. The van der Waals surface area contributed by atoms with E-state index in [2.05, 4.69) is 6.58 Å². The van der Waals surface area contributed by atoms with Crippen LogP contribution in [0.15, 0.2) is 55.1 Å². The van der Waals surface area contributed by atoms with Crippen LogP contribution in [0.5, 0.6) is 0 Å². The van der Waals surface area contributed by atoms with Gasteiger partial charge in [0.2, 0.25) is 0 Å². The second kappa shape index (κ2) is 8.26. The summed E-state index contributed by atoms with van der Waals surface area (Å²) in [5.41, 5.74) is 0.0857. The van der Waals surface area contributed by atoms with E-state index in [0.717, 1.165) is 10.6 Å². The first kappa shape index (κ1) is 20.9. The Kier molecular flexibility index (Phi) is 5.95. The number of fused-ring (bicyclic) bond motifs is 2. The molecule has 3 aliphatic rings. The minimum absolute atomic E-state index is 0.104. The van der Waals surface area contributed by atoms with E-state index >= 15 is 0 Å². The van der Waals surface area contributed by atoms with Crippen molar-refractivity contribution in [1.29, 1.82) is 0 Å². The molecular weight excluding hydrogens is 376 g/mol. The highest BCUT2D eigenvalue weighted by molar-refractivity contribution is 5.69. The van der Waals surface area contributed by atoms with Crippen LogP contribution in [0.1, 0.15) is 26.3 Å². The number of benzene rings is 1. The van der Waals surface area contributed by atoms with Crippen LogP contribution in [-0.2, 0) is 20.9 Å². The van der Waals surface area contributed by atoms with Crippen LogP contribution in [-0.4, -0.2) is 51.3 Å². The molecule has 0 spiro atoms. The second-order valence-corrected chi connectivity index (χ2v) is 7.94. The second-order valence-electron chi connectivity index (χ2n) is 7.94. The topological polar surface area (TPSA) is 88.5 Å². The van der Waals surface area contributed by atoms with Gasteiger partial charge in [0.05, 0.1) is 6.04 Å². The normalized spacial score (nSPS) is 25.4. The molecule has 1 aliphatic carbocycles. The number of hydroxylamine groups is 4. The van der Waals surface area contributed by atoms with E-state index in [9.17, 15) is 14.8 Å². The molecule has 0 aromatic heterocycles. The molecule has 1 saturated heterocycles. The van der Waals surface area contributed by atoms with E-state index in [1.807, 2.05) is 30.3 Å². The average molecular weight is 402 g/mol. The summed E-state index contributed by atoms with van der Waals surface area (Å²) in [7, 11) is 0. The number of hydrogen-bond donors (Lipinski definition) is 1. The minimum atomic E-state index is -0.892. The first-order chi connectivity index (χ1) is 13.7. The van der Waals surface area contributed by atoms with Crippen molar-refractivity contribution in [3.8, 4) is 0 Å². The van der Waals surface area contributed by atoms with Crippen molar-refractivity contribution in [2.24, 2.45) is 5.92 Å². The van der Waals surface area contributed by atoms with Gasteiger partial charge in [0.25, 0.3) is 0 Å². The molecular formula is C21H26N2O6. The summed E-state index contributed by atoms with van der Waals surface area (Å²) in [4.78, 5) is 30.6. The summed E-state index contributed by atoms with van der Waals surface area (Å²) < 4.78 is 10.6. The van der Waals surface area contributed by atoms with Crippen molar-refractivity contribution in [3.05, 3.63) is 60.7 Å². The quantitative estimate of drug-likeness (QED) is 0.470. The third-order valence-electron chi connectivity index (χ3n) is 4.65. The van der Waals surface area contributed by atoms with Gasteiger partial charge in [0, 0.05) is 5.92 Å². The molecule has 2 amide bonds. The standard InChI is InChI=1S/C21H26N2O6/c1-5-15-16-11-12-17(18(15)22(26)19(24)28-21(2,3)4)29-23(16)20(25)27-13-14-9-7-6-8-10-14/h5-12,15-18,26H,1,13H2,2-4H3/t15-,16-,17+,18+/m1/s1. The Morgan fingerprint density at radius 3 is 2.59 bits per heavy atom. The number of hydrogen-bond acceptors (Lipinski definition) is 6. The van der Waals surface area contributed by atoms with Gasteiger partial charge in [-0.25, -0.2) is 9.59 Å². The molecule has 1 aromatic rings. The fourth-order valence-corrected chi connectivity index (χ4v) is 3.38. The molecule has 8 nitrogen and oxygen atoms in total. The first-order valence-corrected chi connectivity index (χ1v) is 9.40. The monoisotopic (exact) mass is 402 g/mol. The first-order valence-electron chi connectivity index (χ1n) is 9.40. The molecule has 8 heteroatoms. The third-order valence-corrected chi connectivity index (χ3v) is 4.65. The van der Waals surface area contributed by atoms with Gasteiger partial charge in [-0.1, -0.05) is 48.6 Å². The molecule has 1 fully saturated rings. The Morgan fingerprint density at radius 2 is 1.97 bits per heavy atom. The molecule has 156 valence electrons. The van der Waals surface area contributed by atoms with Crippen molar-refractivity contribution in [2.45, 2.75) is 51.2 Å². The van der Waals surface area contributed by atoms with Crippen LogP contribution >= 0.6 is 0 Å². The van der Waals surface area contributed by atoms with Gasteiger partial charge in [0.15, 0.2) is 0 Å². The molecule has 0 radical (unpaired) electrons. The molecule has 1 N–H and O–H groups in total. The van der Waals surface area contributed by atoms with E-state index in [-0.39, 0.29) is 6.61 Å². The van der Waals surface area contributed by atoms with Crippen LogP contribution in [0.25, 0.3) is 0 Å². The molecule has 29 heavy (non-hydrogen) atoms. The summed E-state index contributed by atoms with van der Waals surface area (Å²) in [5, 5.41) is 12.1. The van der Waals surface area contributed by atoms with Crippen molar-refractivity contribution in [1.82, 2.24) is 10.1 Å². The third kappa shape index (κ3) is 4.60. The zero-order valence-electron chi connectivity index (χ0n) is 16.7. The Hall–Kier alpha value is -2.84. The van der Waals surface area contributed by atoms with Crippen LogP contribution in [0.2, 0.25) is 0 Å². The number of nitrogens with zero attached hydrogens (tertiary/aromatic N) is 2. The molecule has 0 saturated carbocycles. The zero-order valence-corrected chi connectivity index (χ0v) is 16.7. The van der Waals surface area contributed by atoms with Gasteiger partial charge in [-0.2, -0.15) is 10.1 Å². The zero-order chi connectivity index (χ0) is 21.2. The number of amides is 2. The van der Waals surface area contributed by atoms with E-state index in [1.54, 1.807) is 39.0 Å². The Labute approximate surface area is 169 Å². The molecule has 4 atom stereocenters. The highest BCUT2D eigenvalue weighted by atomic mass is 16.7. The fraction of sp³-hybridized carbons (Fsp3) is 0.429. The number of carbonyl (C=O) groups is 2. The van der Waals surface area contributed by atoms with Crippen LogP contribution in [0, 0.1) is 5.92 Å². The molecule has 0 unspecified atom stereocenters. The van der Waals surface area contributed by atoms with E-state index in [0.29, 0.717) is 5.06 Å². The molecule has 4 rings (SSSR count). The lowest BCUT2D eigenvalue weighted by molar-refractivity contribution is -0.269. The van der Waals surface area contributed by atoms with Gasteiger partial charge >= 0.3 is 12.2 Å². The van der Waals surface area contributed by atoms with Crippen LogP contribution in [0.3, 0.4) is 0 Å². The highest BCUT2D eigenvalue weighted by Crippen LogP contribution is 2.37. The predicted octanol–water partition coefficient (Wildman–Crippen LogP) is 3.67. The van der Waals surface area contributed by atoms with Gasteiger partial charge in [0.1, 0.15) is 24.4 Å². The minimum Gasteiger partial charge on any atom is -0.443 e. The van der Waals surface area contributed by atoms with Crippen molar-refractivity contribution in [3.63, 3.8) is 0 Å². The van der Waals surface area contributed by atoms with E-state index in [4.69, 9.17) is 14.3 Å². The summed E-state index contributed by atoms with van der Waals surface area (Å²) in [6.45, 7) is 9.02. The average Bonchev–Trinajstić information content (AvgIpc) is 2.70. The van der Waals surface area contributed by atoms with Crippen molar-refractivity contribution >= 4 is 12.2 Å². The molecule has 2 aliphatic heterocycles. The lowest BCUT2D eigenvalue weighted by atomic mass is 9.81. The number of carbonyl (C=O) groups excluding carboxylic acids is 2. The van der Waals surface area contributed by atoms with E-state index in [1.165, 1.54) is 0 Å². The van der Waals surface area contributed by atoms with Gasteiger partial charge < -0.3 is 9.47 Å². The van der Waals surface area contributed by atoms with Gasteiger partial charge in [-0.05, 0) is 26.3 Å². The SMILES string of the molecule is C=C[C@H]1[C@H](N(O)C(=O)OC(C)(C)C)[C@@H]2C=C[C@H]1N(C(=O)OCc1ccccc1)O2. The summed E-state index contributed by atoms with van der Waals surface area (Å²) >= 11 is 0. The maximum atomic E-state index is 12.6. The molecule has 2 heterocycles. The lowest BCUT2D eigenvalue weighted by Gasteiger charge is -2.49. The maximum Gasteiger partial charge on any atom is 0.434 e. The van der Waals surface area contributed by atoms with Crippen LogP contribution < -0.4 is 0 Å². The Balaban J connectivity index is 1.70.